The summed E-state index contributed by atoms with van der Waals surface area (Å²) in [7, 11) is 1.26. The van der Waals surface area contributed by atoms with Crippen molar-refractivity contribution in [1.29, 1.82) is 0 Å². The molecule has 4 rings (SSSR count). The van der Waals surface area contributed by atoms with E-state index < -0.39 is 28.5 Å². The van der Waals surface area contributed by atoms with Gasteiger partial charge in [-0.1, -0.05) is 18.2 Å². The Bertz CT molecular complexity index is 1240. The van der Waals surface area contributed by atoms with E-state index in [2.05, 4.69) is 4.99 Å². The van der Waals surface area contributed by atoms with Crippen LogP contribution >= 0.6 is 0 Å². The monoisotopic (exact) mass is 466 g/mol. The predicted molar refractivity (Wildman–Crippen MR) is 121 cm³/mol. The van der Waals surface area contributed by atoms with Gasteiger partial charge in [-0.05, 0) is 49.1 Å². The number of nitrogens with zero attached hydrogens (tertiary/aromatic N) is 2. The lowest BCUT2D eigenvalue weighted by molar-refractivity contribution is -0.386. The van der Waals surface area contributed by atoms with Crippen LogP contribution in [0.1, 0.15) is 43.2 Å². The van der Waals surface area contributed by atoms with Crippen LogP contribution in [0.2, 0.25) is 0 Å². The smallest absolute Gasteiger partial charge is 0.315 e. The maximum Gasteiger partial charge on any atom is 0.315 e. The highest BCUT2D eigenvalue weighted by atomic mass is 19.1. The average molecular weight is 466 g/mol. The average Bonchev–Trinajstić information content (AvgIpc) is 2.81. The molecule has 8 nitrogen and oxygen atoms in total. The quantitative estimate of drug-likeness (QED) is 0.348. The van der Waals surface area contributed by atoms with Crippen molar-refractivity contribution in [3.8, 4) is 5.75 Å². The first-order valence-corrected chi connectivity index (χ1v) is 10.8. The molecule has 0 saturated carbocycles. The first-order chi connectivity index (χ1) is 16.3. The highest BCUT2D eigenvalue weighted by Crippen LogP contribution is 2.45. The van der Waals surface area contributed by atoms with Crippen LogP contribution in [-0.2, 0) is 20.9 Å². The molecule has 2 aromatic carbocycles. The van der Waals surface area contributed by atoms with Crippen LogP contribution < -0.4 is 4.74 Å². The van der Waals surface area contributed by atoms with Gasteiger partial charge >= 0.3 is 11.7 Å². The topological polar surface area (TPSA) is 108 Å². The summed E-state index contributed by atoms with van der Waals surface area (Å²) in [6.07, 6.45) is 1.59. The Kier molecular flexibility index (Phi) is 6.54. The molecule has 34 heavy (non-hydrogen) atoms. The molecule has 0 spiro atoms. The summed E-state index contributed by atoms with van der Waals surface area (Å²) in [5, 5.41) is 11.9. The van der Waals surface area contributed by atoms with E-state index in [0.29, 0.717) is 47.4 Å². The number of hydrogen-bond donors (Lipinski definition) is 0. The molecule has 0 saturated heterocycles. The number of carbonyl (C=O) groups excluding carboxylic acids is 2. The van der Waals surface area contributed by atoms with Crippen molar-refractivity contribution >= 4 is 23.2 Å². The Balaban J connectivity index is 1.75. The SMILES string of the molecule is COC(=O)C1C(C)=NC2=C(C(=O)CCC2)[C@@H]1c1ccc(OCc2cccc(F)c2)c([N+](=O)[O-])c1. The molecule has 2 aliphatic rings. The number of nitro benzene ring substituents is 1. The molecule has 0 radical (unpaired) electrons. The van der Waals surface area contributed by atoms with Crippen LogP contribution in [0.5, 0.6) is 5.75 Å². The lowest BCUT2D eigenvalue weighted by atomic mass is 9.71. The molecule has 0 aromatic heterocycles. The summed E-state index contributed by atoms with van der Waals surface area (Å²) < 4.78 is 24.1. The Morgan fingerprint density at radius 1 is 1.24 bits per heavy atom. The standard InChI is InChI=1S/C25H23FN2O6/c1-14-22(25(30)33-2)23(24-18(27-14)7-4-8-20(24)29)16-9-10-21(19(12-16)28(31)32)34-13-15-5-3-6-17(26)11-15/h3,5-6,9-12,22-23H,4,7-8,13H2,1-2H3/t22?,23-/m1/s1. The molecule has 0 N–H and O–H groups in total. The normalized spacial score (nSPS) is 19.9. The maximum atomic E-state index is 13.4. The van der Waals surface area contributed by atoms with E-state index in [4.69, 9.17) is 9.47 Å². The zero-order chi connectivity index (χ0) is 24.4. The molecule has 1 unspecified atom stereocenters. The van der Waals surface area contributed by atoms with Crippen molar-refractivity contribution in [2.45, 2.75) is 38.7 Å². The minimum atomic E-state index is -0.871. The second-order valence-corrected chi connectivity index (χ2v) is 8.27. The van der Waals surface area contributed by atoms with Gasteiger partial charge in [0.05, 0.1) is 12.0 Å². The van der Waals surface area contributed by atoms with Crippen LogP contribution in [0.25, 0.3) is 0 Å². The van der Waals surface area contributed by atoms with Crippen LogP contribution in [0, 0.1) is 21.8 Å². The van der Waals surface area contributed by atoms with Gasteiger partial charge in [-0.3, -0.25) is 24.7 Å². The number of esters is 1. The Labute approximate surface area is 195 Å². The van der Waals surface area contributed by atoms with Crippen LogP contribution in [0.3, 0.4) is 0 Å². The minimum Gasteiger partial charge on any atom is -0.482 e. The Morgan fingerprint density at radius 2 is 2.03 bits per heavy atom. The third-order valence-corrected chi connectivity index (χ3v) is 6.11. The van der Waals surface area contributed by atoms with E-state index in [1.54, 1.807) is 19.1 Å². The number of methoxy groups -OCH3 is 1. The number of benzene rings is 2. The Hall–Kier alpha value is -3.88. The number of allylic oxidation sites excluding steroid dienone is 2. The number of aliphatic imine (C=N–C) groups is 1. The van der Waals surface area contributed by atoms with Crippen LogP contribution in [0.4, 0.5) is 10.1 Å². The van der Waals surface area contributed by atoms with Crippen molar-refractivity contribution < 1.29 is 28.4 Å². The lowest BCUT2D eigenvalue weighted by Crippen LogP contribution is -2.36. The van der Waals surface area contributed by atoms with Gasteiger partial charge in [0.25, 0.3) is 0 Å². The van der Waals surface area contributed by atoms with Gasteiger partial charge < -0.3 is 9.47 Å². The minimum absolute atomic E-state index is 0.00185. The number of ketones is 1. The van der Waals surface area contributed by atoms with Gasteiger partial charge in [-0.2, -0.15) is 0 Å². The zero-order valence-electron chi connectivity index (χ0n) is 18.7. The molecule has 0 bridgehead atoms. The van der Waals surface area contributed by atoms with E-state index in [0.717, 1.165) is 0 Å². The largest absolute Gasteiger partial charge is 0.482 e. The molecule has 0 fully saturated rings. The van der Waals surface area contributed by atoms with Crippen molar-refractivity contribution in [3.63, 3.8) is 0 Å². The molecule has 9 heteroatoms. The van der Waals surface area contributed by atoms with E-state index in [-0.39, 0.29) is 23.8 Å². The fraction of sp³-hybridized carbons (Fsp3) is 0.320. The maximum absolute atomic E-state index is 13.4. The van der Waals surface area contributed by atoms with Crippen molar-refractivity contribution in [3.05, 3.63) is 80.8 Å². The molecular formula is C25H23FN2O6. The Morgan fingerprint density at radius 3 is 2.74 bits per heavy atom. The first kappa shape index (κ1) is 23.3. The fourth-order valence-electron chi connectivity index (χ4n) is 4.58. The van der Waals surface area contributed by atoms with E-state index in [1.807, 2.05) is 0 Å². The van der Waals surface area contributed by atoms with Crippen molar-refractivity contribution in [2.24, 2.45) is 10.9 Å². The number of ether oxygens (including phenoxy) is 2. The summed E-state index contributed by atoms with van der Waals surface area (Å²) in [5.74, 6) is -2.74. The molecule has 2 aromatic rings. The molecule has 1 aliphatic carbocycles. The van der Waals surface area contributed by atoms with Gasteiger partial charge in [0, 0.05) is 35.4 Å². The third-order valence-electron chi connectivity index (χ3n) is 6.11. The second kappa shape index (κ2) is 9.54. The number of rotatable bonds is 6. The molecule has 0 amide bonds. The zero-order valence-corrected chi connectivity index (χ0v) is 18.7. The highest BCUT2D eigenvalue weighted by molar-refractivity contribution is 6.08. The molecular weight excluding hydrogens is 443 g/mol. The number of hydrogen-bond acceptors (Lipinski definition) is 7. The summed E-state index contributed by atoms with van der Waals surface area (Å²) in [5.41, 5.74) is 2.16. The molecule has 1 heterocycles. The van der Waals surface area contributed by atoms with E-state index in [1.165, 1.54) is 37.4 Å². The molecule has 1 aliphatic heterocycles. The number of nitro groups is 1. The van der Waals surface area contributed by atoms with Gasteiger partial charge in [0.2, 0.25) is 0 Å². The van der Waals surface area contributed by atoms with Crippen LogP contribution in [0.15, 0.2) is 58.7 Å². The van der Waals surface area contributed by atoms with Crippen molar-refractivity contribution in [2.75, 3.05) is 7.11 Å². The first-order valence-electron chi connectivity index (χ1n) is 10.8. The van der Waals surface area contributed by atoms with Gasteiger partial charge in [-0.25, -0.2) is 4.39 Å². The van der Waals surface area contributed by atoms with E-state index >= 15 is 0 Å². The predicted octanol–water partition coefficient (Wildman–Crippen LogP) is 4.67. The summed E-state index contributed by atoms with van der Waals surface area (Å²) >= 11 is 0. The third kappa shape index (κ3) is 4.46. The lowest BCUT2D eigenvalue weighted by Gasteiger charge is -2.34. The van der Waals surface area contributed by atoms with Crippen molar-refractivity contribution in [1.82, 2.24) is 0 Å². The second-order valence-electron chi connectivity index (χ2n) is 8.27. The summed E-state index contributed by atoms with van der Waals surface area (Å²) in [6, 6.07) is 10.1. The van der Waals surface area contributed by atoms with Gasteiger partial charge in [-0.15, -0.1) is 0 Å². The highest BCUT2D eigenvalue weighted by Gasteiger charge is 2.43. The number of Topliss-reactive ketones (excluding diaryl/α,β-unsaturated/α-hetero) is 1. The van der Waals surface area contributed by atoms with Gasteiger partial charge in [0.1, 0.15) is 18.3 Å². The summed E-state index contributed by atoms with van der Waals surface area (Å²) in [6.45, 7) is 1.63. The number of halogens is 1. The molecule has 2 atom stereocenters. The van der Waals surface area contributed by atoms with E-state index in [9.17, 15) is 24.1 Å². The van der Waals surface area contributed by atoms with Crippen LogP contribution in [-0.4, -0.2) is 29.5 Å². The molecule has 176 valence electrons. The summed E-state index contributed by atoms with van der Waals surface area (Å²) in [4.78, 5) is 41.4. The fourth-order valence-corrected chi connectivity index (χ4v) is 4.58. The van der Waals surface area contributed by atoms with Gasteiger partial charge in [0.15, 0.2) is 11.5 Å². The number of carbonyl (C=O) groups is 2.